The zero-order valence-corrected chi connectivity index (χ0v) is 23.7. The number of phenols is 1. The van der Waals surface area contributed by atoms with Gasteiger partial charge in [0.25, 0.3) is 0 Å². The second kappa shape index (κ2) is 8.15. The molecule has 4 nitrogen and oxygen atoms in total. The Morgan fingerprint density at radius 3 is 2.62 bits per heavy atom. The molecule has 208 valence electrons. The molecular weight excluding hydrogens is 482 g/mol. The molecule has 2 saturated heterocycles. The second-order valence-corrected chi connectivity index (χ2v) is 15.3. The first kappa shape index (κ1) is 25.0. The van der Waals surface area contributed by atoms with Gasteiger partial charge >= 0.3 is 0 Å². The Balaban J connectivity index is 1.38. The van der Waals surface area contributed by atoms with Crippen molar-refractivity contribution in [3.05, 3.63) is 41.5 Å². The number of rotatable bonds is 1. The molecule has 0 amide bonds. The van der Waals surface area contributed by atoms with Gasteiger partial charge in [-0.2, -0.15) is 0 Å². The Morgan fingerprint density at radius 1 is 1.00 bits per heavy atom. The molecule has 2 spiro atoms. The lowest BCUT2D eigenvalue weighted by Gasteiger charge is -2.73. The maximum atomic E-state index is 10.7. The van der Waals surface area contributed by atoms with E-state index in [1.807, 2.05) is 12.1 Å². The summed E-state index contributed by atoms with van der Waals surface area (Å²) in [7, 11) is 0. The number of benzene rings is 1. The number of phenolic OH excluding ortho intramolecular Hbond substituents is 1. The van der Waals surface area contributed by atoms with Crippen LogP contribution in [0.25, 0.3) is 0 Å². The number of aromatic hydroxyl groups is 1. The Hall–Kier alpha value is -1.80. The monoisotopic (exact) mass is 527 g/mol. The first-order valence-corrected chi connectivity index (χ1v) is 15.8. The van der Waals surface area contributed by atoms with E-state index in [1.165, 1.54) is 49.7 Å². The van der Waals surface area contributed by atoms with E-state index < -0.39 is 5.54 Å². The molecule has 4 N–H and O–H groups in total. The Labute approximate surface area is 233 Å². The van der Waals surface area contributed by atoms with Crippen LogP contribution in [0.1, 0.15) is 101 Å². The van der Waals surface area contributed by atoms with Crippen molar-refractivity contribution in [1.82, 2.24) is 0 Å². The van der Waals surface area contributed by atoms with Gasteiger partial charge in [0.05, 0.1) is 23.0 Å². The van der Waals surface area contributed by atoms with Crippen molar-refractivity contribution in [2.45, 2.75) is 107 Å². The van der Waals surface area contributed by atoms with Crippen molar-refractivity contribution in [2.75, 3.05) is 6.61 Å². The molecule has 9 rings (SSSR count). The molecule has 10 unspecified atom stereocenters. The summed E-state index contributed by atoms with van der Waals surface area (Å²) < 4.78 is 7.48. The van der Waals surface area contributed by atoms with Crippen molar-refractivity contribution in [2.24, 2.45) is 46.7 Å². The lowest BCUT2D eigenvalue weighted by Crippen LogP contribution is -2.82. The lowest BCUT2D eigenvalue weighted by atomic mass is 9.40. The number of hydrogen-bond acceptors (Lipinski definition) is 4. The zero-order valence-electron chi connectivity index (χ0n) is 23.7. The van der Waals surface area contributed by atoms with E-state index in [0.717, 1.165) is 25.7 Å². The van der Waals surface area contributed by atoms with E-state index in [-0.39, 0.29) is 41.5 Å². The third kappa shape index (κ3) is 3.25. The summed E-state index contributed by atoms with van der Waals surface area (Å²) in [5.74, 6) is 9.87. The molecule has 1 aromatic carbocycles. The van der Waals surface area contributed by atoms with Gasteiger partial charge < -0.3 is 20.7 Å². The van der Waals surface area contributed by atoms with Crippen LogP contribution in [-0.2, 0) is 4.74 Å². The molecule has 1 aromatic rings. The molecule has 8 bridgehead atoms. The molecule has 2 heterocycles. The minimum Gasteiger partial charge on any atom is -0.508 e. The van der Waals surface area contributed by atoms with Gasteiger partial charge in [-0.1, -0.05) is 42.9 Å². The van der Waals surface area contributed by atoms with Crippen LogP contribution < -0.4 is 5.73 Å². The fourth-order valence-electron chi connectivity index (χ4n) is 12.0. The van der Waals surface area contributed by atoms with E-state index in [1.54, 1.807) is 0 Å². The zero-order chi connectivity index (χ0) is 26.8. The highest BCUT2D eigenvalue weighted by Gasteiger charge is 2.74. The number of aliphatic hydroxyl groups excluding tert-OH is 1. The van der Waals surface area contributed by atoms with Crippen LogP contribution >= 0.6 is 0 Å². The van der Waals surface area contributed by atoms with E-state index in [4.69, 9.17) is 10.5 Å². The average Bonchev–Trinajstić information content (AvgIpc) is 3.33. The molecule has 0 radical (unpaired) electrons. The fourth-order valence-corrected chi connectivity index (χ4v) is 12.0. The molecule has 4 heteroatoms. The number of fused-ring (bicyclic) bond motifs is 9. The van der Waals surface area contributed by atoms with E-state index in [0.29, 0.717) is 34.8 Å². The summed E-state index contributed by atoms with van der Waals surface area (Å²) in [6, 6.07) is 6.00. The number of aliphatic hydroxyl groups is 1. The number of nitrogens with two attached hydrogens (primary N) is 1. The minimum atomic E-state index is -0.558. The van der Waals surface area contributed by atoms with Crippen LogP contribution in [0.15, 0.2) is 30.4 Å². The molecule has 0 aromatic heterocycles. The SMILES string of the molecule is CC1(C)OC23CC4CCC(CO)C(N)(C41)C2C#CC1C=CC(c2ccc(O)cc21)C1CC3CC2(CCCC2)C1. The van der Waals surface area contributed by atoms with Crippen molar-refractivity contribution < 1.29 is 14.9 Å². The number of allylic oxidation sites excluding steroid dienone is 2. The van der Waals surface area contributed by atoms with Crippen LogP contribution in [0.5, 0.6) is 5.75 Å². The van der Waals surface area contributed by atoms with Gasteiger partial charge in [-0.05, 0) is 112 Å². The molecule has 6 aliphatic carbocycles. The standard InChI is InChI=1S/C35H45NO3/c1-32(2)31-22-5-8-24(20-37)35(31,36)30-12-7-21-6-10-27(28-11-9-26(38)16-29(21)28)23-15-25(34(30,18-22)39-32)19-33(17-23)13-3-4-14-33/h6,9-11,16,21-25,27,30-31,37-38H,3-5,8,13-15,17-20,36H2,1-2H3. The van der Waals surface area contributed by atoms with Crippen LogP contribution in [0.3, 0.4) is 0 Å². The molecule has 2 aliphatic heterocycles. The lowest BCUT2D eigenvalue weighted by molar-refractivity contribution is -0.342. The topological polar surface area (TPSA) is 75.7 Å². The fraction of sp³-hybridized carbons (Fsp3) is 0.714. The Kier molecular flexibility index (Phi) is 5.21. The summed E-state index contributed by atoms with van der Waals surface area (Å²) in [5.41, 5.74) is 9.40. The van der Waals surface area contributed by atoms with Gasteiger partial charge in [0.1, 0.15) is 5.75 Å². The third-order valence-electron chi connectivity index (χ3n) is 13.1. The maximum Gasteiger partial charge on any atom is 0.115 e. The summed E-state index contributed by atoms with van der Waals surface area (Å²) in [6.07, 6.45) is 17.0. The molecule has 6 fully saturated rings. The smallest absolute Gasteiger partial charge is 0.115 e. The van der Waals surface area contributed by atoms with Crippen LogP contribution in [0, 0.1) is 52.8 Å². The Morgan fingerprint density at radius 2 is 1.82 bits per heavy atom. The minimum absolute atomic E-state index is 0.0501. The quantitative estimate of drug-likeness (QED) is 0.308. The van der Waals surface area contributed by atoms with Crippen LogP contribution in [0.2, 0.25) is 0 Å². The van der Waals surface area contributed by atoms with E-state index >= 15 is 0 Å². The predicted molar refractivity (Wildman–Crippen MR) is 152 cm³/mol. The Bertz CT molecular complexity index is 1280. The highest BCUT2D eigenvalue weighted by Crippen LogP contribution is 2.70. The van der Waals surface area contributed by atoms with Crippen molar-refractivity contribution in [1.29, 1.82) is 0 Å². The van der Waals surface area contributed by atoms with Crippen molar-refractivity contribution in [3.8, 4) is 17.6 Å². The molecular formula is C35H45NO3. The first-order chi connectivity index (χ1) is 18.7. The van der Waals surface area contributed by atoms with Crippen LogP contribution in [-0.4, -0.2) is 33.6 Å². The van der Waals surface area contributed by atoms with Gasteiger partial charge in [-0.3, -0.25) is 0 Å². The molecule has 8 aliphatic rings. The predicted octanol–water partition coefficient (Wildman–Crippen LogP) is 6.02. The van der Waals surface area contributed by atoms with Gasteiger partial charge in [0, 0.05) is 29.9 Å². The second-order valence-electron chi connectivity index (χ2n) is 15.3. The van der Waals surface area contributed by atoms with E-state index in [9.17, 15) is 10.2 Å². The van der Waals surface area contributed by atoms with Crippen LogP contribution in [0.4, 0.5) is 0 Å². The third-order valence-corrected chi connectivity index (χ3v) is 13.1. The largest absolute Gasteiger partial charge is 0.508 e. The highest BCUT2D eigenvalue weighted by atomic mass is 16.5. The normalized spacial score (nSPS) is 47.6. The maximum absolute atomic E-state index is 10.7. The summed E-state index contributed by atoms with van der Waals surface area (Å²) in [4.78, 5) is 0. The first-order valence-electron chi connectivity index (χ1n) is 15.8. The summed E-state index contributed by atoms with van der Waals surface area (Å²) in [5, 5.41) is 21.2. The van der Waals surface area contributed by atoms with Crippen molar-refractivity contribution in [3.63, 3.8) is 0 Å². The average molecular weight is 528 g/mol. The number of ether oxygens (including phenoxy) is 1. The molecule has 4 saturated carbocycles. The van der Waals surface area contributed by atoms with Gasteiger partial charge in [0.2, 0.25) is 0 Å². The van der Waals surface area contributed by atoms with Gasteiger partial charge in [0.15, 0.2) is 0 Å². The van der Waals surface area contributed by atoms with E-state index in [2.05, 4.69) is 43.9 Å². The van der Waals surface area contributed by atoms with Gasteiger partial charge in [-0.25, -0.2) is 0 Å². The van der Waals surface area contributed by atoms with Crippen molar-refractivity contribution >= 4 is 0 Å². The molecule has 39 heavy (non-hydrogen) atoms. The van der Waals surface area contributed by atoms with Gasteiger partial charge in [-0.15, -0.1) is 0 Å². The number of hydrogen-bond donors (Lipinski definition) is 3. The summed E-state index contributed by atoms with van der Waals surface area (Å²) >= 11 is 0. The highest BCUT2D eigenvalue weighted by molar-refractivity contribution is 5.50. The molecule has 10 atom stereocenters. The summed E-state index contributed by atoms with van der Waals surface area (Å²) in [6.45, 7) is 4.71.